The second-order valence-electron chi connectivity index (χ2n) is 8.54. The molecule has 0 saturated carbocycles. The van der Waals surface area contributed by atoms with Crippen molar-refractivity contribution in [3.05, 3.63) is 118 Å². The van der Waals surface area contributed by atoms with Crippen LogP contribution in [0.1, 0.15) is 29.7 Å². The molecule has 198 valence electrons. The van der Waals surface area contributed by atoms with Crippen molar-refractivity contribution in [1.82, 2.24) is 4.57 Å². The standard InChI is InChI=1S/C29H22Br2N2O4S2/c1-3-37-28(36)23-24(17-7-5-4-6-8-17)32-29-33(25(23)18-9-11-19(38-2)12-10-18)27(35)22(39-29)15-16-13-20(30)26(34)21(31)14-16/h4-15,25,34H,3H2,1-2H3/b22-15-/t25-/m1/s1. The Balaban J connectivity index is 1.82. The van der Waals surface area contributed by atoms with Gasteiger partial charge in [0.2, 0.25) is 0 Å². The Hall–Kier alpha value is -2.92. The summed E-state index contributed by atoms with van der Waals surface area (Å²) in [5.74, 6) is -0.436. The van der Waals surface area contributed by atoms with Crippen molar-refractivity contribution in [2.45, 2.75) is 17.9 Å². The molecule has 0 saturated heterocycles. The van der Waals surface area contributed by atoms with Gasteiger partial charge >= 0.3 is 5.97 Å². The third-order valence-corrected chi connectivity index (χ3v) is 9.08. The van der Waals surface area contributed by atoms with Crippen molar-refractivity contribution < 1.29 is 14.6 Å². The Morgan fingerprint density at radius 3 is 2.41 bits per heavy atom. The molecule has 39 heavy (non-hydrogen) atoms. The maximum absolute atomic E-state index is 14.0. The van der Waals surface area contributed by atoms with Crippen LogP contribution in [0, 0.1) is 0 Å². The number of halogens is 2. The number of ether oxygens (including phenoxy) is 1. The number of phenolic OH excluding ortho intramolecular Hbond substituents is 1. The highest BCUT2D eigenvalue weighted by Gasteiger charge is 2.35. The van der Waals surface area contributed by atoms with Gasteiger partial charge < -0.3 is 9.84 Å². The average Bonchev–Trinajstić information content (AvgIpc) is 3.25. The van der Waals surface area contributed by atoms with E-state index in [1.807, 2.05) is 60.9 Å². The van der Waals surface area contributed by atoms with Crippen molar-refractivity contribution >= 4 is 72.7 Å². The van der Waals surface area contributed by atoms with Gasteiger partial charge in [-0.25, -0.2) is 9.79 Å². The Kier molecular flexibility index (Phi) is 8.27. The highest BCUT2D eigenvalue weighted by molar-refractivity contribution is 9.11. The summed E-state index contributed by atoms with van der Waals surface area (Å²) < 4.78 is 8.53. The van der Waals surface area contributed by atoms with Crippen LogP contribution in [0.4, 0.5) is 0 Å². The number of aromatic hydroxyl groups is 1. The summed E-state index contributed by atoms with van der Waals surface area (Å²) in [6.45, 7) is 1.95. The van der Waals surface area contributed by atoms with Gasteiger partial charge in [-0.05, 0) is 86.5 Å². The van der Waals surface area contributed by atoms with Gasteiger partial charge in [0.1, 0.15) is 5.75 Å². The van der Waals surface area contributed by atoms with Crippen LogP contribution in [0.5, 0.6) is 5.75 Å². The number of esters is 1. The third-order valence-electron chi connectivity index (χ3n) is 6.14. The number of aromatic nitrogens is 1. The van der Waals surface area contributed by atoms with E-state index in [0.717, 1.165) is 16.0 Å². The number of phenols is 1. The maximum atomic E-state index is 14.0. The zero-order valence-corrected chi connectivity index (χ0v) is 25.7. The number of carbonyl (C=O) groups is 1. The fraction of sp³-hybridized carbons (Fsp3) is 0.138. The predicted octanol–water partition coefficient (Wildman–Crippen LogP) is 5.89. The van der Waals surface area contributed by atoms with Crippen LogP contribution >= 0.6 is 55.0 Å². The molecule has 1 aliphatic heterocycles. The minimum atomic E-state index is -0.730. The molecular weight excluding hydrogens is 664 g/mol. The zero-order chi connectivity index (χ0) is 27.7. The van der Waals surface area contributed by atoms with Gasteiger partial charge in [-0.1, -0.05) is 53.8 Å². The fourth-order valence-electron chi connectivity index (χ4n) is 4.36. The van der Waals surface area contributed by atoms with Crippen LogP contribution in [0.3, 0.4) is 0 Å². The molecule has 0 amide bonds. The Bertz CT molecular complexity index is 1760. The molecule has 2 heterocycles. The number of fused-ring (bicyclic) bond motifs is 1. The Morgan fingerprint density at radius 1 is 1.13 bits per heavy atom. The number of nitrogens with zero attached hydrogens (tertiary/aromatic N) is 2. The summed E-state index contributed by atoms with van der Waals surface area (Å²) in [7, 11) is 0. The molecule has 1 aromatic heterocycles. The smallest absolute Gasteiger partial charge is 0.338 e. The Morgan fingerprint density at radius 2 is 1.79 bits per heavy atom. The first-order valence-electron chi connectivity index (χ1n) is 11.9. The lowest BCUT2D eigenvalue weighted by Gasteiger charge is -2.26. The summed E-state index contributed by atoms with van der Waals surface area (Å²) in [4.78, 5) is 33.9. The van der Waals surface area contributed by atoms with Crippen molar-refractivity contribution in [2.75, 3.05) is 12.9 Å². The number of thioether (sulfide) groups is 1. The molecule has 3 aromatic carbocycles. The fourth-order valence-corrected chi connectivity index (χ4v) is 6.99. The van der Waals surface area contributed by atoms with Crippen LogP contribution < -0.4 is 14.9 Å². The van der Waals surface area contributed by atoms with E-state index in [1.54, 1.807) is 41.5 Å². The van der Waals surface area contributed by atoms with E-state index in [-0.39, 0.29) is 17.9 Å². The van der Waals surface area contributed by atoms with Crippen LogP contribution in [-0.4, -0.2) is 28.5 Å². The summed E-state index contributed by atoms with van der Waals surface area (Å²) >= 11 is 9.57. The van der Waals surface area contributed by atoms with Gasteiger partial charge in [-0.3, -0.25) is 9.36 Å². The largest absolute Gasteiger partial charge is 0.506 e. The Labute approximate surface area is 249 Å². The number of hydrogen-bond acceptors (Lipinski definition) is 7. The molecule has 0 unspecified atom stereocenters. The lowest BCUT2D eigenvalue weighted by molar-refractivity contribution is -0.138. The van der Waals surface area contributed by atoms with E-state index < -0.39 is 12.0 Å². The lowest BCUT2D eigenvalue weighted by atomic mass is 9.93. The summed E-state index contributed by atoms with van der Waals surface area (Å²) in [6, 6.07) is 20.0. The number of hydrogen-bond donors (Lipinski definition) is 1. The summed E-state index contributed by atoms with van der Waals surface area (Å²) in [5, 5.41) is 10.1. The number of carbonyl (C=O) groups excluding carboxylic acids is 1. The minimum Gasteiger partial charge on any atom is -0.506 e. The lowest BCUT2D eigenvalue weighted by Crippen LogP contribution is -2.40. The minimum absolute atomic E-state index is 0.0777. The van der Waals surface area contributed by atoms with E-state index in [9.17, 15) is 14.7 Å². The normalized spacial score (nSPS) is 15.2. The quantitative estimate of drug-likeness (QED) is 0.202. The predicted molar refractivity (Wildman–Crippen MR) is 163 cm³/mol. The van der Waals surface area contributed by atoms with Gasteiger partial charge in [0.25, 0.3) is 5.56 Å². The van der Waals surface area contributed by atoms with E-state index in [2.05, 4.69) is 31.9 Å². The molecule has 1 N–H and O–H groups in total. The van der Waals surface area contributed by atoms with Gasteiger partial charge in [-0.15, -0.1) is 11.8 Å². The molecule has 10 heteroatoms. The summed E-state index contributed by atoms with van der Waals surface area (Å²) in [5.41, 5.74) is 2.78. The van der Waals surface area contributed by atoms with E-state index >= 15 is 0 Å². The second kappa shape index (κ2) is 11.7. The SMILES string of the molecule is CCOC(=O)C1=C(c2ccccc2)N=c2s/c(=C\c3cc(Br)c(O)c(Br)c3)c(=O)n2[C@@H]1c1ccc(SC)cc1. The van der Waals surface area contributed by atoms with Crippen LogP contribution in [0.2, 0.25) is 0 Å². The van der Waals surface area contributed by atoms with Gasteiger partial charge in [-0.2, -0.15) is 0 Å². The first-order valence-corrected chi connectivity index (χ1v) is 15.6. The molecule has 0 fully saturated rings. The summed E-state index contributed by atoms with van der Waals surface area (Å²) in [6.07, 6.45) is 3.75. The number of thiazole rings is 1. The number of benzene rings is 3. The molecule has 0 aliphatic carbocycles. The molecule has 1 aliphatic rings. The second-order valence-corrected chi connectivity index (χ2v) is 12.1. The van der Waals surface area contributed by atoms with E-state index in [1.165, 1.54) is 11.3 Å². The molecule has 6 nitrogen and oxygen atoms in total. The monoisotopic (exact) mass is 684 g/mol. The van der Waals surface area contributed by atoms with Crippen LogP contribution in [0.15, 0.2) is 95.9 Å². The molecule has 0 bridgehead atoms. The average molecular weight is 686 g/mol. The molecule has 0 spiro atoms. The molecule has 5 rings (SSSR count). The van der Waals surface area contributed by atoms with Crippen molar-refractivity contribution in [3.8, 4) is 5.75 Å². The van der Waals surface area contributed by atoms with Gasteiger partial charge in [0, 0.05) is 10.5 Å². The highest BCUT2D eigenvalue weighted by atomic mass is 79.9. The zero-order valence-electron chi connectivity index (χ0n) is 20.9. The van der Waals surface area contributed by atoms with Crippen LogP contribution in [-0.2, 0) is 9.53 Å². The van der Waals surface area contributed by atoms with Crippen LogP contribution in [0.25, 0.3) is 11.8 Å². The third kappa shape index (κ3) is 5.43. The van der Waals surface area contributed by atoms with E-state index in [4.69, 9.17) is 9.73 Å². The van der Waals surface area contributed by atoms with E-state index in [0.29, 0.717) is 35.1 Å². The van der Waals surface area contributed by atoms with Gasteiger partial charge in [0.15, 0.2) is 4.80 Å². The molecular formula is C29H22Br2N2O4S2. The van der Waals surface area contributed by atoms with Crippen molar-refractivity contribution in [1.29, 1.82) is 0 Å². The van der Waals surface area contributed by atoms with Crippen molar-refractivity contribution in [3.63, 3.8) is 0 Å². The van der Waals surface area contributed by atoms with Gasteiger partial charge in [0.05, 0.1) is 37.4 Å². The first kappa shape index (κ1) is 27.6. The molecule has 0 radical (unpaired) electrons. The van der Waals surface area contributed by atoms with Crippen molar-refractivity contribution in [2.24, 2.45) is 4.99 Å². The highest BCUT2D eigenvalue weighted by Crippen LogP contribution is 2.36. The first-order chi connectivity index (χ1) is 18.8. The topological polar surface area (TPSA) is 80.9 Å². The maximum Gasteiger partial charge on any atom is 0.338 e. The molecule has 1 atom stereocenters. The number of rotatable bonds is 6. The molecule has 4 aromatic rings.